The fraction of sp³-hybridized carbons (Fsp3) is 0.370. The Morgan fingerprint density at radius 3 is 3.03 bits per heavy atom. The van der Waals surface area contributed by atoms with Crippen LogP contribution in [0.5, 0.6) is 5.88 Å². The lowest BCUT2D eigenvalue weighted by molar-refractivity contribution is 0.118. The first-order valence-electron chi connectivity index (χ1n) is 12.5. The third-order valence-electron chi connectivity index (χ3n) is 6.94. The molecule has 5 heterocycles. The maximum Gasteiger partial charge on any atom is 0.417 e. The number of carbonyl (C=O) groups is 1. The highest BCUT2D eigenvalue weighted by Gasteiger charge is 2.37. The summed E-state index contributed by atoms with van der Waals surface area (Å²) in [5, 5.41) is 3.57. The summed E-state index contributed by atoms with van der Waals surface area (Å²) in [5.74, 6) is 1.54. The number of hydrogen-bond donors (Lipinski definition) is 1. The molecule has 37 heavy (non-hydrogen) atoms. The van der Waals surface area contributed by atoms with Gasteiger partial charge >= 0.3 is 6.09 Å². The highest BCUT2D eigenvalue weighted by atomic mass is 16.6. The topological polar surface area (TPSA) is 98.3 Å². The number of hydrogen-bond acceptors (Lipinski definition) is 9. The van der Waals surface area contributed by atoms with Gasteiger partial charge in [-0.05, 0) is 37.0 Å². The standard InChI is InChI=1S/C27H29N5O5/c1-34-24-8-7-21-26(30-24)22(9-11-28-21)31-12-10-19(14-31)29-13-20-15-32(27(33)36-20)25-17-35-16-23(37-25)18-5-3-2-4-6-18/h2-3,5,7-9,11,16-17,19-20,29H,4,6,10,12-15H2,1H3/t19-,20-/m1/s1. The lowest BCUT2D eigenvalue weighted by Crippen LogP contribution is -2.39. The van der Waals surface area contributed by atoms with Crippen molar-refractivity contribution in [3.05, 3.63) is 72.4 Å². The Morgan fingerprint density at radius 2 is 2.16 bits per heavy atom. The summed E-state index contributed by atoms with van der Waals surface area (Å²) in [5.41, 5.74) is 3.75. The Kier molecular flexibility index (Phi) is 6.40. The quantitative estimate of drug-likeness (QED) is 0.608. The number of anilines is 1. The van der Waals surface area contributed by atoms with Gasteiger partial charge in [-0.15, -0.1) is 0 Å². The third kappa shape index (κ3) is 4.84. The zero-order valence-electron chi connectivity index (χ0n) is 20.6. The molecule has 3 aliphatic heterocycles. The summed E-state index contributed by atoms with van der Waals surface area (Å²) >= 11 is 0. The number of cyclic esters (lactones) is 1. The fourth-order valence-electron chi connectivity index (χ4n) is 5.00. The number of aromatic nitrogens is 2. The predicted octanol–water partition coefficient (Wildman–Crippen LogP) is 3.59. The van der Waals surface area contributed by atoms with Crippen LogP contribution >= 0.6 is 0 Å². The van der Waals surface area contributed by atoms with Crippen LogP contribution in [0.4, 0.5) is 10.5 Å². The molecule has 0 saturated carbocycles. The van der Waals surface area contributed by atoms with Crippen molar-refractivity contribution in [2.75, 3.05) is 38.2 Å². The lowest BCUT2D eigenvalue weighted by Gasteiger charge is -2.23. The maximum absolute atomic E-state index is 12.6. The van der Waals surface area contributed by atoms with Crippen LogP contribution in [0, 0.1) is 0 Å². The van der Waals surface area contributed by atoms with Gasteiger partial charge in [0, 0.05) is 37.9 Å². The number of carbonyl (C=O) groups excluding carboxylic acids is 1. The number of fused-ring (bicyclic) bond motifs is 1. The lowest BCUT2D eigenvalue weighted by atomic mass is 10.0. The van der Waals surface area contributed by atoms with E-state index >= 15 is 0 Å². The smallest absolute Gasteiger partial charge is 0.417 e. The molecule has 192 valence electrons. The van der Waals surface area contributed by atoms with Crippen LogP contribution in [0.3, 0.4) is 0 Å². The van der Waals surface area contributed by atoms with E-state index < -0.39 is 6.09 Å². The van der Waals surface area contributed by atoms with Gasteiger partial charge in [-0.1, -0.05) is 18.2 Å². The highest BCUT2D eigenvalue weighted by molar-refractivity contribution is 5.88. The van der Waals surface area contributed by atoms with Crippen molar-refractivity contribution in [1.82, 2.24) is 20.2 Å². The predicted molar refractivity (Wildman–Crippen MR) is 136 cm³/mol. The van der Waals surface area contributed by atoms with Gasteiger partial charge in [0.05, 0.1) is 24.9 Å². The molecular formula is C27H29N5O5. The molecule has 0 unspecified atom stereocenters. The monoisotopic (exact) mass is 503 g/mol. The number of ether oxygens (including phenoxy) is 4. The van der Waals surface area contributed by atoms with Crippen LogP contribution in [0.25, 0.3) is 11.0 Å². The van der Waals surface area contributed by atoms with E-state index in [1.54, 1.807) is 13.4 Å². The van der Waals surface area contributed by atoms with Crippen LogP contribution in [0.2, 0.25) is 0 Å². The molecule has 0 spiro atoms. The number of nitrogens with zero attached hydrogens (tertiary/aromatic N) is 4. The Hall–Kier alpha value is -4.05. The highest BCUT2D eigenvalue weighted by Crippen LogP contribution is 2.30. The number of rotatable bonds is 7. The number of amides is 1. The van der Waals surface area contributed by atoms with Gasteiger partial charge in [-0.2, -0.15) is 0 Å². The average Bonchev–Trinajstić information content (AvgIpc) is 3.58. The number of allylic oxidation sites excluding steroid dienone is 4. The Labute approximate surface area is 214 Å². The second-order valence-electron chi connectivity index (χ2n) is 9.34. The molecule has 6 rings (SSSR count). The van der Waals surface area contributed by atoms with Crippen molar-refractivity contribution in [2.45, 2.75) is 31.4 Å². The molecule has 10 nitrogen and oxygen atoms in total. The van der Waals surface area contributed by atoms with Gasteiger partial charge < -0.3 is 29.2 Å². The minimum atomic E-state index is -0.434. The van der Waals surface area contributed by atoms with E-state index in [-0.39, 0.29) is 12.1 Å². The van der Waals surface area contributed by atoms with Crippen LogP contribution in [0.1, 0.15) is 19.3 Å². The van der Waals surface area contributed by atoms with Gasteiger partial charge in [0.2, 0.25) is 11.8 Å². The van der Waals surface area contributed by atoms with E-state index in [0.29, 0.717) is 30.6 Å². The average molecular weight is 504 g/mol. The van der Waals surface area contributed by atoms with Crippen LogP contribution in [-0.4, -0.2) is 66.4 Å². The van der Waals surface area contributed by atoms with Gasteiger partial charge in [0.15, 0.2) is 12.0 Å². The number of methoxy groups -OCH3 is 1. The van der Waals surface area contributed by atoms with Gasteiger partial charge in [0.1, 0.15) is 17.9 Å². The van der Waals surface area contributed by atoms with Crippen molar-refractivity contribution in [1.29, 1.82) is 0 Å². The maximum atomic E-state index is 12.6. The molecule has 2 fully saturated rings. The van der Waals surface area contributed by atoms with Crippen LogP contribution in [0.15, 0.2) is 72.4 Å². The second-order valence-corrected chi connectivity index (χ2v) is 9.34. The summed E-state index contributed by atoms with van der Waals surface area (Å²) in [6.07, 6.45) is 13.0. The molecule has 0 aromatic carbocycles. The first-order valence-corrected chi connectivity index (χ1v) is 12.5. The Bertz CT molecular complexity index is 1320. The SMILES string of the molecule is COc1ccc2nccc(N3CC[C@@H](NC[C@@H]4CN(C5=COC=C(C6=CC=CCC6)O5)C(=O)O4)C3)c2n1. The van der Waals surface area contributed by atoms with Gasteiger partial charge in [-0.25, -0.2) is 14.7 Å². The van der Waals surface area contributed by atoms with Gasteiger partial charge in [0.25, 0.3) is 0 Å². The molecule has 0 bridgehead atoms. The van der Waals surface area contributed by atoms with E-state index in [9.17, 15) is 4.79 Å². The normalized spacial score (nSPS) is 23.3. The zero-order valence-corrected chi connectivity index (χ0v) is 20.6. The Balaban J connectivity index is 1.04. The van der Waals surface area contributed by atoms with Crippen LogP contribution < -0.4 is 15.0 Å². The molecule has 2 saturated heterocycles. The van der Waals surface area contributed by atoms with E-state index in [1.165, 1.54) is 11.2 Å². The first-order chi connectivity index (χ1) is 18.2. The molecular weight excluding hydrogens is 474 g/mol. The summed E-state index contributed by atoms with van der Waals surface area (Å²) in [6, 6.07) is 6.00. The molecule has 10 heteroatoms. The minimum Gasteiger partial charge on any atom is -0.481 e. The van der Waals surface area contributed by atoms with E-state index in [0.717, 1.165) is 54.6 Å². The van der Waals surface area contributed by atoms with Gasteiger partial charge in [-0.3, -0.25) is 4.98 Å². The molecule has 1 amide bonds. The largest absolute Gasteiger partial charge is 0.481 e. The molecule has 2 atom stereocenters. The molecule has 2 aromatic heterocycles. The summed E-state index contributed by atoms with van der Waals surface area (Å²) in [7, 11) is 1.61. The molecule has 4 aliphatic rings. The van der Waals surface area contributed by atoms with E-state index in [1.807, 2.05) is 36.5 Å². The molecule has 2 aromatic rings. The van der Waals surface area contributed by atoms with Crippen molar-refractivity contribution < 1.29 is 23.7 Å². The number of pyridine rings is 2. The van der Waals surface area contributed by atoms with Crippen molar-refractivity contribution in [3.8, 4) is 5.88 Å². The van der Waals surface area contributed by atoms with Crippen molar-refractivity contribution in [2.24, 2.45) is 0 Å². The summed E-state index contributed by atoms with van der Waals surface area (Å²) in [4.78, 5) is 25.4. The summed E-state index contributed by atoms with van der Waals surface area (Å²) in [6.45, 7) is 2.66. The first kappa shape index (κ1) is 23.4. The Morgan fingerprint density at radius 1 is 1.22 bits per heavy atom. The second kappa shape index (κ2) is 10.1. The zero-order chi connectivity index (χ0) is 25.2. The van der Waals surface area contributed by atoms with E-state index in [2.05, 4.69) is 26.3 Å². The molecule has 0 radical (unpaired) electrons. The van der Waals surface area contributed by atoms with Crippen molar-refractivity contribution in [3.63, 3.8) is 0 Å². The van der Waals surface area contributed by atoms with Crippen LogP contribution in [-0.2, 0) is 14.2 Å². The molecule has 1 N–H and O–H groups in total. The molecule has 1 aliphatic carbocycles. The number of nitrogens with one attached hydrogen (secondary N) is 1. The summed E-state index contributed by atoms with van der Waals surface area (Å²) < 4.78 is 22.4. The van der Waals surface area contributed by atoms with Crippen molar-refractivity contribution >= 4 is 22.8 Å². The third-order valence-corrected chi connectivity index (χ3v) is 6.94. The van der Waals surface area contributed by atoms with E-state index in [4.69, 9.17) is 18.9 Å². The fourth-order valence-corrected chi connectivity index (χ4v) is 5.00. The minimum absolute atomic E-state index is 0.260.